The third-order valence-corrected chi connectivity index (χ3v) is 5.38. The second-order valence-electron chi connectivity index (χ2n) is 5.72. The van der Waals surface area contributed by atoms with Crippen LogP contribution in [0.1, 0.15) is 25.7 Å². The quantitative estimate of drug-likeness (QED) is 0.720. The zero-order chi connectivity index (χ0) is 14.3. The van der Waals surface area contributed by atoms with Crippen molar-refractivity contribution < 1.29 is 17.9 Å². The number of carbonyl (C=O) groups excluding carboxylic acids is 1. The summed E-state index contributed by atoms with van der Waals surface area (Å²) in [6.45, 7) is 0.976. The molecule has 19 heavy (non-hydrogen) atoms. The van der Waals surface area contributed by atoms with E-state index in [0.717, 1.165) is 12.8 Å². The highest BCUT2D eigenvalue weighted by molar-refractivity contribution is 7.88. The minimum atomic E-state index is -3.11. The van der Waals surface area contributed by atoms with Gasteiger partial charge < -0.3 is 9.64 Å². The van der Waals surface area contributed by atoms with Gasteiger partial charge in [0.15, 0.2) is 0 Å². The molecule has 0 aromatic rings. The average Bonchev–Trinajstić information content (AvgIpc) is 2.71. The number of nitrogens with zero attached hydrogens (tertiary/aromatic N) is 2. The molecule has 6 nitrogen and oxygen atoms in total. The van der Waals surface area contributed by atoms with Gasteiger partial charge in [-0.2, -0.15) is 0 Å². The molecule has 2 heterocycles. The highest BCUT2D eigenvalue weighted by Crippen LogP contribution is 2.39. The van der Waals surface area contributed by atoms with E-state index in [4.69, 9.17) is 4.74 Å². The van der Waals surface area contributed by atoms with Crippen LogP contribution in [0.4, 0.5) is 0 Å². The minimum Gasteiger partial charge on any atom is -0.362 e. The Morgan fingerprint density at radius 2 is 1.84 bits per heavy atom. The second kappa shape index (κ2) is 5.03. The molecule has 2 rings (SSSR count). The largest absolute Gasteiger partial charge is 0.362 e. The van der Waals surface area contributed by atoms with Crippen molar-refractivity contribution in [3.8, 4) is 0 Å². The van der Waals surface area contributed by atoms with Gasteiger partial charge in [0.25, 0.3) is 5.91 Å². The van der Waals surface area contributed by atoms with Gasteiger partial charge in [0.1, 0.15) is 6.10 Å². The van der Waals surface area contributed by atoms with E-state index in [2.05, 4.69) is 0 Å². The highest BCUT2D eigenvalue weighted by atomic mass is 32.2. The van der Waals surface area contributed by atoms with Crippen LogP contribution in [0.25, 0.3) is 0 Å². The predicted molar refractivity (Wildman–Crippen MR) is 71.2 cm³/mol. The Bertz CT molecular complexity index is 452. The number of hydrogen-bond acceptors (Lipinski definition) is 4. The Hall–Kier alpha value is -0.660. The van der Waals surface area contributed by atoms with Crippen molar-refractivity contribution in [3.63, 3.8) is 0 Å². The predicted octanol–water partition coefficient (Wildman–Crippen LogP) is 0.0478. The maximum Gasteiger partial charge on any atom is 0.251 e. The Kier molecular flexibility index (Phi) is 3.90. The first-order valence-corrected chi connectivity index (χ1v) is 8.42. The maximum absolute atomic E-state index is 11.9. The van der Waals surface area contributed by atoms with Crippen molar-refractivity contribution in [2.75, 3.05) is 33.4 Å². The molecule has 0 unspecified atom stereocenters. The summed E-state index contributed by atoms with van der Waals surface area (Å²) in [5.74, 6) is 0.00224. The number of likely N-dealkylation sites (N-methyl/N-ethyl adjacent to an activating group) is 1. The highest BCUT2D eigenvalue weighted by Gasteiger charge is 2.45. The fraction of sp³-hybridized carbons (Fsp3) is 0.917. The van der Waals surface area contributed by atoms with Crippen LogP contribution >= 0.6 is 0 Å². The van der Waals surface area contributed by atoms with Gasteiger partial charge in [-0.25, -0.2) is 12.7 Å². The zero-order valence-electron chi connectivity index (χ0n) is 11.8. The first kappa shape index (κ1) is 14.7. The third-order valence-electron chi connectivity index (χ3n) is 4.07. The van der Waals surface area contributed by atoms with Crippen molar-refractivity contribution in [3.05, 3.63) is 0 Å². The first-order chi connectivity index (χ1) is 8.73. The van der Waals surface area contributed by atoms with E-state index < -0.39 is 10.0 Å². The fourth-order valence-corrected chi connectivity index (χ4v) is 3.71. The summed E-state index contributed by atoms with van der Waals surface area (Å²) in [4.78, 5) is 13.4. The number of ether oxygens (including phenoxy) is 1. The van der Waals surface area contributed by atoms with Crippen molar-refractivity contribution in [2.24, 2.45) is 0 Å². The monoisotopic (exact) mass is 290 g/mol. The number of piperidine rings is 1. The Labute approximate surface area is 114 Å². The molecule has 2 aliphatic rings. The van der Waals surface area contributed by atoms with Gasteiger partial charge in [-0.05, 0) is 25.7 Å². The lowest BCUT2D eigenvalue weighted by molar-refractivity contribution is -0.147. The molecule has 2 aliphatic heterocycles. The van der Waals surface area contributed by atoms with Crippen LogP contribution in [-0.2, 0) is 19.6 Å². The molecule has 0 bridgehead atoms. The topological polar surface area (TPSA) is 66.9 Å². The lowest BCUT2D eigenvalue weighted by atomic mass is 9.89. The van der Waals surface area contributed by atoms with Crippen molar-refractivity contribution in [1.29, 1.82) is 0 Å². The molecule has 2 fully saturated rings. The van der Waals surface area contributed by atoms with Crippen molar-refractivity contribution >= 4 is 15.9 Å². The van der Waals surface area contributed by atoms with Crippen LogP contribution in [0.5, 0.6) is 0 Å². The molecule has 2 saturated heterocycles. The SMILES string of the molecule is CN(C)C(=O)[C@H]1CCC2(CCN(S(C)(=O)=O)CC2)O1. The number of hydrogen-bond donors (Lipinski definition) is 0. The van der Waals surface area contributed by atoms with E-state index >= 15 is 0 Å². The minimum absolute atomic E-state index is 0.00224. The molecule has 1 atom stereocenters. The number of amides is 1. The summed E-state index contributed by atoms with van der Waals surface area (Å²) in [5, 5.41) is 0. The molecule has 1 spiro atoms. The van der Waals surface area contributed by atoms with Gasteiger partial charge in [-0.15, -0.1) is 0 Å². The van der Waals surface area contributed by atoms with E-state index in [0.29, 0.717) is 25.9 Å². The molecule has 0 aromatic heterocycles. The van der Waals surface area contributed by atoms with E-state index in [1.807, 2.05) is 0 Å². The molecule has 110 valence electrons. The van der Waals surface area contributed by atoms with Gasteiger partial charge >= 0.3 is 0 Å². The molecule has 0 N–H and O–H groups in total. The molecular formula is C12H22N2O4S. The number of carbonyl (C=O) groups is 1. The molecular weight excluding hydrogens is 268 g/mol. The second-order valence-corrected chi connectivity index (χ2v) is 7.71. The summed E-state index contributed by atoms with van der Waals surface area (Å²) in [7, 11) is 0.338. The lowest BCUT2D eigenvalue weighted by Crippen LogP contribution is -2.47. The van der Waals surface area contributed by atoms with Crippen LogP contribution in [0.3, 0.4) is 0 Å². The van der Waals surface area contributed by atoms with Crippen LogP contribution in [0, 0.1) is 0 Å². The third kappa shape index (κ3) is 3.09. The van der Waals surface area contributed by atoms with Crippen LogP contribution in [0.15, 0.2) is 0 Å². The van der Waals surface area contributed by atoms with Crippen LogP contribution in [-0.4, -0.2) is 68.7 Å². The van der Waals surface area contributed by atoms with E-state index in [1.165, 1.54) is 10.6 Å². The Morgan fingerprint density at radius 3 is 2.32 bits per heavy atom. The van der Waals surface area contributed by atoms with E-state index in [1.54, 1.807) is 19.0 Å². The Balaban J connectivity index is 1.96. The van der Waals surface area contributed by atoms with E-state index in [-0.39, 0.29) is 17.6 Å². The lowest BCUT2D eigenvalue weighted by Gasteiger charge is -2.38. The van der Waals surface area contributed by atoms with E-state index in [9.17, 15) is 13.2 Å². The Morgan fingerprint density at radius 1 is 1.26 bits per heavy atom. The molecule has 7 heteroatoms. The van der Waals surface area contributed by atoms with Gasteiger partial charge in [-0.1, -0.05) is 0 Å². The smallest absolute Gasteiger partial charge is 0.251 e. The summed E-state index contributed by atoms with van der Waals surface area (Å²) < 4.78 is 30.4. The van der Waals surface area contributed by atoms with Crippen LogP contribution in [0.2, 0.25) is 0 Å². The summed E-state index contributed by atoms with van der Waals surface area (Å²) >= 11 is 0. The number of sulfonamides is 1. The summed E-state index contributed by atoms with van der Waals surface area (Å²) in [6, 6.07) is 0. The molecule has 0 aromatic carbocycles. The summed E-state index contributed by atoms with van der Waals surface area (Å²) in [5.41, 5.74) is -0.294. The number of rotatable bonds is 2. The zero-order valence-corrected chi connectivity index (χ0v) is 12.6. The van der Waals surface area contributed by atoms with Gasteiger partial charge in [-0.3, -0.25) is 4.79 Å². The fourth-order valence-electron chi connectivity index (χ4n) is 2.87. The molecule has 1 amide bonds. The van der Waals surface area contributed by atoms with Crippen LogP contribution < -0.4 is 0 Å². The van der Waals surface area contributed by atoms with Crippen molar-refractivity contribution in [2.45, 2.75) is 37.4 Å². The average molecular weight is 290 g/mol. The molecule has 0 saturated carbocycles. The van der Waals surface area contributed by atoms with Crippen molar-refractivity contribution in [1.82, 2.24) is 9.21 Å². The van der Waals surface area contributed by atoms with Gasteiger partial charge in [0.05, 0.1) is 11.9 Å². The maximum atomic E-state index is 11.9. The summed E-state index contributed by atoms with van der Waals surface area (Å²) in [6.07, 6.45) is 3.80. The first-order valence-electron chi connectivity index (χ1n) is 6.58. The molecule has 0 radical (unpaired) electrons. The normalized spacial score (nSPS) is 27.6. The van der Waals surface area contributed by atoms with Gasteiger partial charge in [0, 0.05) is 27.2 Å². The molecule has 0 aliphatic carbocycles. The standard InChI is InChI=1S/C12H22N2O4S/c1-13(2)11(15)10-4-5-12(18-10)6-8-14(9-7-12)19(3,16)17/h10H,4-9H2,1-3H3/t10-/m1/s1. The van der Waals surface area contributed by atoms with Gasteiger partial charge in [0.2, 0.25) is 10.0 Å².